The predicted octanol–water partition coefficient (Wildman–Crippen LogP) is 2.05. The third-order valence-corrected chi connectivity index (χ3v) is 2.47. The Hall–Kier alpha value is -1.62. The number of phenols is 1. The number of aliphatic carboxylic acids is 1. The van der Waals surface area contributed by atoms with Crippen LogP contribution in [0, 0.1) is 5.82 Å². The van der Waals surface area contributed by atoms with Gasteiger partial charge in [-0.1, -0.05) is 0 Å². The molecule has 1 rings (SSSR count). The second-order valence-corrected chi connectivity index (χ2v) is 3.88. The molecule has 1 aromatic carbocycles. The summed E-state index contributed by atoms with van der Waals surface area (Å²) in [5, 5.41) is 21.0. The number of phenolic OH excluding ortho intramolecular Hbond substituents is 1. The SMILES string of the molecule is CC(NCCCC(=O)O)c1cc(F)ccc1O. The third-order valence-electron chi connectivity index (χ3n) is 2.47. The van der Waals surface area contributed by atoms with E-state index in [-0.39, 0.29) is 18.2 Å². The Morgan fingerprint density at radius 2 is 2.24 bits per heavy atom. The van der Waals surface area contributed by atoms with Gasteiger partial charge >= 0.3 is 5.97 Å². The van der Waals surface area contributed by atoms with Gasteiger partial charge in [0, 0.05) is 18.0 Å². The molecule has 94 valence electrons. The second kappa shape index (κ2) is 6.20. The minimum Gasteiger partial charge on any atom is -0.508 e. The van der Waals surface area contributed by atoms with Crippen LogP contribution in [0.4, 0.5) is 4.39 Å². The minimum absolute atomic E-state index is 0.0321. The quantitative estimate of drug-likeness (QED) is 0.667. The van der Waals surface area contributed by atoms with Crippen molar-refractivity contribution in [3.05, 3.63) is 29.6 Å². The van der Waals surface area contributed by atoms with Crippen LogP contribution in [-0.2, 0) is 4.79 Å². The number of nitrogens with one attached hydrogen (secondary N) is 1. The van der Waals surface area contributed by atoms with Crippen molar-refractivity contribution in [1.29, 1.82) is 0 Å². The number of rotatable bonds is 6. The summed E-state index contributed by atoms with van der Waals surface area (Å²) in [6.07, 6.45) is 0.588. The van der Waals surface area contributed by atoms with Gasteiger partial charge in [0.2, 0.25) is 0 Å². The monoisotopic (exact) mass is 241 g/mol. The molecule has 5 heteroatoms. The first-order valence-corrected chi connectivity index (χ1v) is 5.44. The van der Waals surface area contributed by atoms with Gasteiger partial charge in [0.25, 0.3) is 0 Å². The van der Waals surface area contributed by atoms with Gasteiger partial charge in [-0.2, -0.15) is 0 Å². The Balaban J connectivity index is 2.49. The summed E-state index contributed by atoms with van der Waals surface area (Å²) in [6.45, 7) is 2.29. The Morgan fingerprint density at radius 1 is 1.53 bits per heavy atom. The van der Waals surface area contributed by atoms with E-state index in [1.54, 1.807) is 6.92 Å². The molecule has 0 aliphatic heterocycles. The van der Waals surface area contributed by atoms with Crippen molar-refractivity contribution >= 4 is 5.97 Å². The lowest BCUT2D eigenvalue weighted by atomic mass is 10.1. The number of hydrogen-bond acceptors (Lipinski definition) is 3. The van der Waals surface area contributed by atoms with Crippen LogP contribution in [0.25, 0.3) is 0 Å². The maximum absolute atomic E-state index is 13.0. The highest BCUT2D eigenvalue weighted by Crippen LogP contribution is 2.24. The van der Waals surface area contributed by atoms with Crippen LogP contribution >= 0.6 is 0 Å². The van der Waals surface area contributed by atoms with Gasteiger partial charge in [-0.3, -0.25) is 4.79 Å². The van der Waals surface area contributed by atoms with Gasteiger partial charge in [-0.15, -0.1) is 0 Å². The highest BCUT2D eigenvalue weighted by molar-refractivity contribution is 5.66. The Morgan fingerprint density at radius 3 is 2.88 bits per heavy atom. The van der Waals surface area contributed by atoms with Crippen LogP contribution in [0.3, 0.4) is 0 Å². The lowest BCUT2D eigenvalue weighted by molar-refractivity contribution is -0.137. The van der Waals surface area contributed by atoms with Gasteiger partial charge in [-0.05, 0) is 38.1 Å². The molecular weight excluding hydrogens is 225 g/mol. The van der Waals surface area contributed by atoms with Crippen LogP contribution in [0.15, 0.2) is 18.2 Å². The largest absolute Gasteiger partial charge is 0.508 e. The molecule has 0 saturated carbocycles. The molecule has 4 nitrogen and oxygen atoms in total. The summed E-state index contributed by atoms with van der Waals surface area (Å²) < 4.78 is 13.0. The van der Waals surface area contributed by atoms with Gasteiger partial charge in [-0.25, -0.2) is 4.39 Å². The van der Waals surface area contributed by atoms with Crippen LogP contribution < -0.4 is 5.32 Å². The number of carboxylic acid groups (broad SMARTS) is 1. The molecule has 3 N–H and O–H groups in total. The molecule has 1 atom stereocenters. The van der Waals surface area contributed by atoms with Gasteiger partial charge in [0.1, 0.15) is 11.6 Å². The van der Waals surface area contributed by atoms with Gasteiger partial charge in [0.15, 0.2) is 0 Å². The molecule has 0 aliphatic rings. The van der Waals surface area contributed by atoms with E-state index >= 15 is 0 Å². The molecular formula is C12H16FNO3. The average molecular weight is 241 g/mol. The number of hydrogen-bond donors (Lipinski definition) is 3. The van der Waals surface area contributed by atoms with Crippen LogP contribution in [0.5, 0.6) is 5.75 Å². The number of aromatic hydroxyl groups is 1. The lowest BCUT2D eigenvalue weighted by Gasteiger charge is -2.15. The zero-order chi connectivity index (χ0) is 12.8. The number of carboxylic acids is 1. The fraction of sp³-hybridized carbons (Fsp3) is 0.417. The van der Waals surface area contributed by atoms with E-state index in [9.17, 15) is 14.3 Å². The van der Waals surface area contributed by atoms with Crippen LogP contribution in [0.2, 0.25) is 0 Å². The Bertz CT molecular complexity index is 395. The minimum atomic E-state index is -0.840. The highest BCUT2D eigenvalue weighted by atomic mass is 19.1. The van der Waals surface area contributed by atoms with Gasteiger partial charge < -0.3 is 15.5 Å². The van der Waals surface area contributed by atoms with Crippen molar-refractivity contribution in [2.24, 2.45) is 0 Å². The number of halogens is 1. The summed E-state index contributed by atoms with van der Waals surface area (Å²) in [7, 11) is 0. The Labute approximate surface area is 99.1 Å². The third kappa shape index (κ3) is 4.40. The van der Waals surface area contributed by atoms with E-state index in [1.165, 1.54) is 18.2 Å². The first-order valence-electron chi connectivity index (χ1n) is 5.44. The second-order valence-electron chi connectivity index (χ2n) is 3.88. The normalized spacial score (nSPS) is 12.4. The summed E-state index contributed by atoms with van der Waals surface area (Å²) >= 11 is 0. The fourth-order valence-corrected chi connectivity index (χ4v) is 1.54. The topological polar surface area (TPSA) is 69.6 Å². The van der Waals surface area contributed by atoms with E-state index < -0.39 is 11.8 Å². The van der Waals surface area contributed by atoms with E-state index in [0.717, 1.165) is 0 Å². The summed E-state index contributed by atoms with van der Waals surface area (Å²) in [4.78, 5) is 10.3. The summed E-state index contributed by atoms with van der Waals surface area (Å²) in [6, 6.07) is 3.54. The van der Waals surface area contributed by atoms with Crippen molar-refractivity contribution in [2.75, 3.05) is 6.54 Å². The maximum atomic E-state index is 13.0. The maximum Gasteiger partial charge on any atom is 0.303 e. The van der Waals surface area contributed by atoms with E-state index in [2.05, 4.69) is 5.32 Å². The zero-order valence-corrected chi connectivity index (χ0v) is 9.61. The molecule has 0 heterocycles. The molecule has 0 bridgehead atoms. The predicted molar refractivity (Wildman–Crippen MR) is 61.4 cm³/mol. The molecule has 17 heavy (non-hydrogen) atoms. The van der Waals surface area contributed by atoms with E-state index in [0.29, 0.717) is 18.5 Å². The first-order chi connectivity index (χ1) is 8.00. The average Bonchev–Trinajstić information content (AvgIpc) is 2.27. The highest BCUT2D eigenvalue weighted by Gasteiger charge is 2.10. The lowest BCUT2D eigenvalue weighted by Crippen LogP contribution is -2.20. The zero-order valence-electron chi connectivity index (χ0n) is 9.61. The molecule has 0 radical (unpaired) electrons. The van der Waals surface area contributed by atoms with Crippen molar-refractivity contribution in [2.45, 2.75) is 25.8 Å². The number of carbonyl (C=O) groups is 1. The number of benzene rings is 1. The van der Waals surface area contributed by atoms with Crippen molar-refractivity contribution in [1.82, 2.24) is 5.32 Å². The van der Waals surface area contributed by atoms with Crippen molar-refractivity contribution < 1.29 is 19.4 Å². The Kier molecular flexibility index (Phi) is 4.90. The molecule has 0 fully saturated rings. The summed E-state index contributed by atoms with van der Waals surface area (Å²) in [5.74, 6) is -1.21. The summed E-state index contributed by atoms with van der Waals surface area (Å²) in [5.41, 5.74) is 0.473. The van der Waals surface area contributed by atoms with Crippen LogP contribution in [0.1, 0.15) is 31.4 Å². The molecule has 0 aliphatic carbocycles. The van der Waals surface area contributed by atoms with Crippen molar-refractivity contribution in [3.8, 4) is 5.75 Å². The van der Waals surface area contributed by atoms with Crippen LogP contribution in [-0.4, -0.2) is 22.7 Å². The van der Waals surface area contributed by atoms with E-state index in [1.807, 2.05) is 0 Å². The fourth-order valence-electron chi connectivity index (χ4n) is 1.54. The first kappa shape index (κ1) is 13.4. The molecule has 0 spiro atoms. The molecule has 0 aromatic heterocycles. The smallest absolute Gasteiger partial charge is 0.303 e. The van der Waals surface area contributed by atoms with Crippen molar-refractivity contribution in [3.63, 3.8) is 0 Å². The molecule has 0 amide bonds. The molecule has 1 aromatic rings. The standard InChI is InChI=1S/C12H16FNO3/c1-8(14-6-2-3-12(16)17)10-7-9(13)4-5-11(10)15/h4-5,7-8,14-15H,2-3,6H2,1H3,(H,16,17). The molecule has 1 unspecified atom stereocenters. The van der Waals surface area contributed by atoms with E-state index in [4.69, 9.17) is 5.11 Å². The van der Waals surface area contributed by atoms with Gasteiger partial charge in [0.05, 0.1) is 0 Å². The molecule has 0 saturated heterocycles.